The molecule has 0 aliphatic rings. The molecule has 3 aromatic rings. The van der Waals surface area contributed by atoms with Crippen LogP contribution in [0.15, 0.2) is 50.7 Å². The van der Waals surface area contributed by atoms with E-state index in [0.29, 0.717) is 0 Å². The van der Waals surface area contributed by atoms with Crippen molar-refractivity contribution in [2.24, 2.45) is 5.73 Å². The Balaban J connectivity index is 2.13. The van der Waals surface area contributed by atoms with Gasteiger partial charge >= 0.3 is 0 Å². The molecule has 0 saturated carbocycles. The Labute approximate surface area is 139 Å². The highest BCUT2D eigenvalue weighted by atomic mass is 79.9. The average Bonchev–Trinajstić information content (AvgIpc) is 2.82. The molecule has 2 N–H and O–H groups in total. The van der Waals surface area contributed by atoms with Crippen molar-refractivity contribution in [3.05, 3.63) is 67.4 Å². The van der Waals surface area contributed by atoms with Crippen LogP contribution >= 0.6 is 43.2 Å². The fraction of sp³-hybridized carbons (Fsp3) is 0.125. The van der Waals surface area contributed by atoms with Gasteiger partial charge in [-0.2, -0.15) is 0 Å². The van der Waals surface area contributed by atoms with E-state index in [9.17, 15) is 0 Å². The van der Waals surface area contributed by atoms with E-state index < -0.39 is 0 Å². The third-order valence-electron chi connectivity index (χ3n) is 3.34. The second-order valence-corrected chi connectivity index (χ2v) is 7.50. The number of thiophene rings is 1. The summed E-state index contributed by atoms with van der Waals surface area (Å²) in [4.78, 5) is 0. The van der Waals surface area contributed by atoms with E-state index in [1.54, 1.807) is 11.3 Å². The maximum atomic E-state index is 6.49. The van der Waals surface area contributed by atoms with Gasteiger partial charge in [0.25, 0.3) is 0 Å². The third-order valence-corrected chi connectivity index (χ3v) is 5.77. The van der Waals surface area contributed by atoms with Gasteiger partial charge in [-0.05, 0) is 68.5 Å². The quantitative estimate of drug-likeness (QED) is 0.568. The van der Waals surface area contributed by atoms with E-state index in [1.807, 2.05) is 0 Å². The zero-order chi connectivity index (χ0) is 14.3. The number of halogens is 2. The minimum atomic E-state index is -0.103. The van der Waals surface area contributed by atoms with Crippen molar-refractivity contribution in [1.82, 2.24) is 0 Å². The van der Waals surface area contributed by atoms with Crippen molar-refractivity contribution in [2.45, 2.75) is 13.0 Å². The van der Waals surface area contributed by atoms with Gasteiger partial charge in [0, 0.05) is 13.6 Å². The van der Waals surface area contributed by atoms with E-state index in [-0.39, 0.29) is 6.04 Å². The molecule has 20 heavy (non-hydrogen) atoms. The highest BCUT2D eigenvalue weighted by molar-refractivity contribution is 9.11. The number of fused-ring (bicyclic) bond motifs is 1. The fourth-order valence-electron chi connectivity index (χ4n) is 2.41. The number of hydrogen-bond donors (Lipinski definition) is 1. The molecule has 0 bridgehead atoms. The van der Waals surface area contributed by atoms with E-state index >= 15 is 0 Å². The molecule has 0 aliphatic heterocycles. The van der Waals surface area contributed by atoms with Crippen molar-refractivity contribution < 1.29 is 0 Å². The lowest BCUT2D eigenvalue weighted by Crippen LogP contribution is -2.11. The molecule has 0 aliphatic carbocycles. The molecule has 1 aromatic heterocycles. The standard InChI is InChI=1S/C16H13Br2NS/c1-9-5-10(7-11(17)6-9)15(19)13-8-20-16-12(13)3-2-4-14(16)18/h2-8,15H,19H2,1H3. The summed E-state index contributed by atoms with van der Waals surface area (Å²) in [5.74, 6) is 0. The van der Waals surface area contributed by atoms with E-state index in [2.05, 4.69) is 80.6 Å². The highest BCUT2D eigenvalue weighted by Crippen LogP contribution is 2.36. The van der Waals surface area contributed by atoms with E-state index in [1.165, 1.54) is 21.2 Å². The first-order valence-electron chi connectivity index (χ1n) is 6.24. The van der Waals surface area contributed by atoms with Crippen molar-refractivity contribution >= 4 is 53.3 Å². The summed E-state index contributed by atoms with van der Waals surface area (Å²) in [7, 11) is 0. The van der Waals surface area contributed by atoms with Gasteiger partial charge in [-0.25, -0.2) is 0 Å². The first-order chi connectivity index (χ1) is 9.56. The smallest absolute Gasteiger partial charge is 0.0566 e. The molecule has 0 saturated heterocycles. The van der Waals surface area contributed by atoms with Gasteiger partial charge in [0.15, 0.2) is 0 Å². The molecule has 4 heteroatoms. The monoisotopic (exact) mass is 409 g/mol. The van der Waals surface area contributed by atoms with Gasteiger partial charge in [0.1, 0.15) is 0 Å². The summed E-state index contributed by atoms with van der Waals surface area (Å²) >= 11 is 8.88. The van der Waals surface area contributed by atoms with Crippen LogP contribution < -0.4 is 5.73 Å². The Morgan fingerprint density at radius 2 is 1.95 bits per heavy atom. The summed E-state index contributed by atoms with van der Waals surface area (Å²) < 4.78 is 3.46. The molecular weight excluding hydrogens is 398 g/mol. The summed E-state index contributed by atoms with van der Waals surface area (Å²) in [5, 5.41) is 3.39. The van der Waals surface area contributed by atoms with Gasteiger partial charge in [-0.1, -0.05) is 34.1 Å². The van der Waals surface area contributed by atoms with Crippen LogP contribution in [0.4, 0.5) is 0 Å². The first-order valence-corrected chi connectivity index (χ1v) is 8.71. The van der Waals surface area contributed by atoms with Crippen LogP contribution in [0.2, 0.25) is 0 Å². The van der Waals surface area contributed by atoms with Gasteiger partial charge in [-0.15, -0.1) is 11.3 Å². The topological polar surface area (TPSA) is 26.0 Å². The normalized spacial score (nSPS) is 12.8. The minimum absolute atomic E-state index is 0.103. The van der Waals surface area contributed by atoms with Crippen LogP contribution in [0.5, 0.6) is 0 Å². The van der Waals surface area contributed by atoms with Crippen LogP contribution in [0, 0.1) is 6.92 Å². The van der Waals surface area contributed by atoms with Crippen molar-refractivity contribution in [3.8, 4) is 0 Å². The molecule has 1 unspecified atom stereocenters. The molecule has 3 rings (SSSR count). The van der Waals surface area contributed by atoms with Gasteiger partial charge < -0.3 is 5.73 Å². The molecular formula is C16H13Br2NS. The Morgan fingerprint density at radius 1 is 1.15 bits per heavy atom. The molecule has 1 heterocycles. The highest BCUT2D eigenvalue weighted by Gasteiger charge is 2.15. The Kier molecular flexibility index (Phi) is 4.00. The molecule has 102 valence electrons. The summed E-state index contributed by atoms with van der Waals surface area (Å²) in [6.45, 7) is 2.09. The fourth-order valence-corrected chi connectivity index (χ4v) is 4.69. The lowest BCUT2D eigenvalue weighted by atomic mass is 9.98. The van der Waals surface area contributed by atoms with Gasteiger partial charge in [0.05, 0.1) is 6.04 Å². The van der Waals surface area contributed by atoms with Crippen LogP contribution in [-0.4, -0.2) is 0 Å². The molecule has 0 fully saturated rings. The summed E-state index contributed by atoms with van der Waals surface area (Å²) in [5.41, 5.74) is 10.0. The molecule has 0 radical (unpaired) electrons. The van der Waals surface area contributed by atoms with Crippen molar-refractivity contribution in [3.63, 3.8) is 0 Å². The number of rotatable bonds is 2. The molecule has 1 nitrogen and oxygen atoms in total. The van der Waals surface area contributed by atoms with Gasteiger partial charge in [0.2, 0.25) is 0 Å². The average molecular weight is 411 g/mol. The van der Waals surface area contributed by atoms with Crippen LogP contribution in [-0.2, 0) is 0 Å². The second kappa shape index (κ2) is 5.60. The largest absolute Gasteiger partial charge is 0.320 e. The number of nitrogens with two attached hydrogens (primary N) is 1. The predicted molar refractivity (Wildman–Crippen MR) is 94.4 cm³/mol. The lowest BCUT2D eigenvalue weighted by molar-refractivity contribution is 0.881. The number of aryl methyl sites for hydroxylation is 1. The molecule has 0 amide bonds. The summed E-state index contributed by atoms with van der Waals surface area (Å²) in [6, 6.07) is 12.5. The van der Waals surface area contributed by atoms with Crippen LogP contribution in [0.25, 0.3) is 10.1 Å². The SMILES string of the molecule is Cc1cc(Br)cc(C(N)c2csc3c(Br)cccc23)c1. The molecule has 2 aromatic carbocycles. The first kappa shape index (κ1) is 14.3. The summed E-state index contributed by atoms with van der Waals surface area (Å²) in [6.07, 6.45) is 0. The minimum Gasteiger partial charge on any atom is -0.320 e. The molecule has 1 atom stereocenters. The van der Waals surface area contributed by atoms with Crippen LogP contribution in [0.1, 0.15) is 22.7 Å². The zero-order valence-electron chi connectivity index (χ0n) is 10.9. The second-order valence-electron chi connectivity index (χ2n) is 4.85. The number of benzene rings is 2. The maximum absolute atomic E-state index is 6.49. The Bertz CT molecular complexity index is 759. The van der Waals surface area contributed by atoms with E-state index in [0.717, 1.165) is 14.5 Å². The predicted octanol–water partition coefficient (Wildman–Crippen LogP) is 5.78. The van der Waals surface area contributed by atoms with Crippen LogP contribution in [0.3, 0.4) is 0 Å². The number of hydrogen-bond acceptors (Lipinski definition) is 2. The van der Waals surface area contributed by atoms with Crippen molar-refractivity contribution in [1.29, 1.82) is 0 Å². The third kappa shape index (κ3) is 2.58. The Morgan fingerprint density at radius 3 is 2.70 bits per heavy atom. The molecule has 0 spiro atoms. The lowest BCUT2D eigenvalue weighted by Gasteiger charge is -2.13. The van der Waals surface area contributed by atoms with E-state index in [4.69, 9.17) is 5.73 Å². The van der Waals surface area contributed by atoms with Crippen molar-refractivity contribution in [2.75, 3.05) is 0 Å². The van der Waals surface area contributed by atoms with Gasteiger partial charge in [-0.3, -0.25) is 0 Å². The zero-order valence-corrected chi connectivity index (χ0v) is 14.8. The maximum Gasteiger partial charge on any atom is 0.0566 e. The Hall–Kier alpha value is -0.680.